The molecule has 0 fully saturated rings. The quantitative estimate of drug-likeness (QED) is 0.752. The summed E-state index contributed by atoms with van der Waals surface area (Å²) < 4.78 is 5.04. The van der Waals surface area contributed by atoms with E-state index in [4.69, 9.17) is 16.2 Å². The number of nitrogen functional groups attached to an aromatic ring is 1. The highest BCUT2D eigenvalue weighted by Crippen LogP contribution is 2.17. The molecule has 0 saturated heterocycles. The largest absolute Gasteiger partial charge is 0.480 e. The van der Waals surface area contributed by atoms with E-state index in [1.165, 1.54) is 13.3 Å². The molecule has 0 radical (unpaired) electrons. The zero-order valence-corrected chi connectivity index (χ0v) is 11.7. The molecule has 4 N–H and O–H groups in total. The Balaban J connectivity index is 2.27. The van der Waals surface area contributed by atoms with Gasteiger partial charge in [0.05, 0.1) is 26.0 Å². The molecule has 2 aromatic rings. The Hall–Kier alpha value is -2.83. The van der Waals surface area contributed by atoms with Crippen LogP contribution in [0.4, 0.5) is 11.5 Å². The van der Waals surface area contributed by atoms with Gasteiger partial charge in [0.2, 0.25) is 11.8 Å². The van der Waals surface area contributed by atoms with Crippen molar-refractivity contribution >= 4 is 17.4 Å². The molecule has 0 unspecified atom stereocenters. The standard InChI is InChI=1S/C14H17N5O2/c1-21-14-7-17-6-13(18-14)19(9-12(16)20)8-10-3-2-4-11(15)5-10/h2-7H,8-9,15H2,1H3,(H2,16,20). The van der Waals surface area contributed by atoms with Crippen molar-refractivity contribution in [1.82, 2.24) is 9.97 Å². The average Bonchev–Trinajstić information content (AvgIpc) is 2.46. The van der Waals surface area contributed by atoms with Crippen molar-refractivity contribution in [1.29, 1.82) is 0 Å². The Morgan fingerprint density at radius 3 is 2.86 bits per heavy atom. The SMILES string of the molecule is COc1cncc(N(CC(N)=O)Cc2cccc(N)c2)n1. The number of rotatable bonds is 6. The molecule has 1 amide bonds. The molecular formula is C14H17N5O2. The zero-order valence-electron chi connectivity index (χ0n) is 11.7. The molecule has 0 saturated carbocycles. The van der Waals surface area contributed by atoms with E-state index in [1.54, 1.807) is 17.2 Å². The first-order chi connectivity index (χ1) is 10.1. The maximum Gasteiger partial charge on any atom is 0.237 e. The van der Waals surface area contributed by atoms with Crippen LogP contribution in [-0.2, 0) is 11.3 Å². The second kappa shape index (κ2) is 6.56. The number of methoxy groups -OCH3 is 1. The number of hydrogen-bond acceptors (Lipinski definition) is 6. The van der Waals surface area contributed by atoms with E-state index in [-0.39, 0.29) is 6.54 Å². The van der Waals surface area contributed by atoms with Crippen molar-refractivity contribution in [3.05, 3.63) is 42.2 Å². The number of hydrogen-bond donors (Lipinski definition) is 2. The maximum absolute atomic E-state index is 11.3. The van der Waals surface area contributed by atoms with E-state index in [0.717, 1.165) is 5.56 Å². The molecule has 1 aromatic heterocycles. The Morgan fingerprint density at radius 1 is 1.38 bits per heavy atom. The minimum atomic E-state index is -0.455. The van der Waals surface area contributed by atoms with Crippen molar-refractivity contribution in [3.8, 4) is 5.88 Å². The molecule has 1 aromatic carbocycles. The monoisotopic (exact) mass is 287 g/mol. The zero-order chi connectivity index (χ0) is 15.2. The molecule has 2 rings (SSSR count). The minimum Gasteiger partial charge on any atom is -0.480 e. The van der Waals surface area contributed by atoms with Gasteiger partial charge < -0.3 is 21.1 Å². The van der Waals surface area contributed by atoms with Crippen LogP contribution in [-0.4, -0.2) is 29.5 Å². The molecule has 0 aliphatic rings. The molecular weight excluding hydrogens is 270 g/mol. The number of anilines is 2. The summed E-state index contributed by atoms with van der Waals surface area (Å²) in [5, 5.41) is 0. The van der Waals surface area contributed by atoms with Gasteiger partial charge in [-0.3, -0.25) is 9.78 Å². The van der Waals surface area contributed by atoms with Crippen LogP contribution < -0.4 is 21.1 Å². The van der Waals surface area contributed by atoms with Crippen LogP contribution >= 0.6 is 0 Å². The van der Waals surface area contributed by atoms with Crippen LogP contribution in [0.25, 0.3) is 0 Å². The molecule has 110 valence electrons. The third-order valence-electron chi connectivity index (χ3n) is 2.80. The summed E-state index contributed by atoms with van der Waals surface area (Å²) in [6.45, 7) is 0.465. The average molecular weight is 287 g/mol. The van der Waals surface area contributed by atoms with Gasteiger partial charge in [-0.25, -0.2) is 0 Å². The van der Waals surface area contributed by atoms with E-state index in [0.29, 0.717) is 23.9 Å². The summed E-state index contributed by atoms with van der Waals surface area (Å²) in [6.07, 6.45) is 3.05. The lowest BCUT2D eigenvalue weighted by atomic mass is 10.2. The van der Waals surface area contributed by atoms with Crippen LogP contribution in [0.15, 0.2) is 36.7 Å². The van der Waals surface area contributed by atoms with Gasteiger partial charge in [-0.05, 0) is 17.7 Å². The number of carbonyl (C=O) groups excluding carboxylic acids is 1. The third-order valence-corrected chi connectivity index (χ3v) is 2.80. The fourth-order valence-corrected chi connectivity index (χ4v) is 1.91. The Bertz CT molecular complexity index is 632. The first-order valence-corrected chi connectivity index (χ1v) is 6.32. The fraction of sp³-hybridized carbons (Fsp3) is 0.214. The number of primary amides is 1. The topological polar surface area (TPSA) is 107 Å². The van der Waals surface area contributed by atoms with Crippen LogP contribution in [0.3, 0.4) is 0 Å². The number of aromatic nitrogens is 2. The summed E-state index contributed by atoms with van der Waals surface area (Å²) in [5.74, 6) is 0.425. The van der Waals surface area contributed by atoms with Crippen molar-refractivity contribution in [2.75, 3.05) is 24.3 Å². The Labute approximate surface area is 122 Å². The van der Waals surface area contributed by atoms with E-state index < -0.39 is 5.91 Å². The molecule has 21 heavy (non-hydrogen) atoms. The highest BCUT2D eigenvalue weighted by molar-refractivity contribution is 5.79. The summed E-state index contributed by atoms with van der Waals surface area (Å²) in [5.41, 5.74) is 12.7. The molecule has 1 heterocycles. The van der Waals surface area contributed by atoms with E-state index in [1.807, 2.05) is 18.2 Å². The smallest absolute Gasteiger partial charge is 0.237 e. The summed E-state index contributed by atoms with van der Waals surface area (Å²) in [4.78, 5) is 21.3. The number of nitrogens with two attached hydrogens (primary N) is 2. The molecule has 0 bridgehead atoms. The maximum atomic E-state index is 11.3. The summed E-state index contributed by atoms with van der Waals surface area (Å²) >= 11 is 0. The molecule has 0 aliphatic heterocycles. The van der Waals surface area contributed by atoms with Gasteiger partial charge in [0.1, 0.15) is 0 Å². The predicted molar refractivity (Wildman–Crippen MR) is 79.7 cm³/mol. The van der Waals surface area contributed by atoms with E-state index in [9.17, 15) is 4.79 Å². The lowest BCUT2D eigenvalue weighted by molar-refractivity contribution is -0.116. The summed E-state index contributed by atoms with van der Waals surface area (Å²) in [7, 11) is 1.50. The molecule has 0 aliphatic carbocycles. The van der Waals surface area contributed by atoms with Crippen molar-refractivity contribution in [3.63, 3.8) is 0 Å². The van der Waals surface area contributed by atoms with E-state index >= 15 is 0 Å². The molecule has 0 atom stereocenters. The highest BCUT2D eigenvalue weighted by Gasteiger charge is 2.13. The second-order valence-corrected chi connectivity index (χ2v) is 4.49. The summed E-state index contributed by atoms with van der Waals surface area (Å²) in [6, 6.07) is 7.40. The van der Waals surface area contributed by atoms with Gasteiger partial charge in [-0.1, -0.05) is 12.1 Å². The number of carbonyl (C=O) groups is 1. The van der Waals surface area contributed by atoms with Gasteiger partial charge in [0, 0.05) is 12.2 Å². The molecule has 7 heteroatoms. The van der Waals surface area contributed by atoms with Gasteiger partial charge >= 0.3 is 0 Å². The lowest BCUT2D eigenvalue weighted by Gasteiger charge is -2.22. The van der Waals surface area contributed by atoms with Gasteiger partial charge in [0.25, 0.3) is 0 Å². The van der Waals surface area contributed by atoms with Gasteiger partial charge in [-0.15, -0.1) is 0 Å². The first-order valence-electron chi connectivity index (χ1n) is 6.32. The van der Waals surface area contributed by atoms with Crippen LogP contribution in [0, 0.1) is 0 Å². The Kier molecular flexibility index (Phi) is 4.55. The Morgan fingerprint density at radius 2 is 2.19 bits per heavy atom. The number of benzene rings is 1. The van der Waals surface area contributed by atoms with Crippen LogP contribution in [0.2, 0.25) is 0 Å². The van der Waals surface area contributed by atoms with Crippen LogP contribution in [0.5, 0.6) is 5.88 Å². The van der Waals surface area contributed by atoms with Gasteiger partial charge in [0.15, 0.2) is 5.82 Å². The first kappa shape index (κ1) is 14.6. The van der Waals surface area contributed by atoms with Crippen molar-refractivity contribution < 1.29 is 9.53 Å². The molecule has 0 spiro atoms. The van der Waals surface area contributed by atoms with Gasteiger partial charge in [-0.2, -0.15) is 4.98 Å². The van der Waals surface area contributed by atoms with E-state index in [2.05, 4.69) is 9.97 Å². The van der Waals surface area contributed by atoms with Crippen LogP contribution in [0.1, 0.15) is 5.56 Å². The number of ether oxygens (including phenoxy) is 1. The normalized spacial score (nSPS) is 10.1. The fourth-order valence-electron chi connectivity index (χ4n) is 1.91. The number of nitrogens with zero attached hydrogens (tertiary/aromatic N) is 3. The third kappa shape index (κ3) is 4.07. The number of amides is 1. The van der Waals surface area contributed by atoms with Crippen molar-refractivity contribution in [2.24, 2.45) is 5.73 Å². The van der Waals surface area contributed by atoms with Crippen molar-refractivity contribution in [2.45, 2.75) is 6.54 Å². The minimum absolute atomic E-state index is 0.0245. The predicted octanol–water partition coefficient (Wildman–Crippen LogP) is 0.559. The highest BCUT2D eigenvalue weighted by atomic mass is 16.5. The lowest BCUT2D eigenvalue weighted by Crippen LogP contribution is -2.34. The second-order valence-electron chi connectivity index (χ2n) is 4.49. The molecule has 7 nitrogen and oxygen atoms in total.